The molecule has 6 aromatic heterocycles. The standard InChI is InChI=1S/C94H61BN6/c1-94(2,3)60-52-89-91-90(53-60)99(62-25-21-23-57(47-62)59-50-75-71-32-10-18-40-85(71)101-86-41-19-11-33-72(86)76(51-59)93(75)101)88-55-64(97-81-36-14-6-28-67(81)68-29-7-15-37-82(68)97)43-45-78(88)95(91)77-44-42-63(96-79-34-12-4-26-65(79)66-27-5-13-35-80(66)96)54-87(77)98(89)61-24-20-22-56(46-61)58-48-73-69-30-8-16-38-83(69)100-84-39-17-9-31-70(84)74(49-58)92(73)100/h4-55H,1-3H3/i4D,5D,6D,7D,12D,13D,14D,15D,26D,27D,28D,29D,34D,35D,36D,37D. The molecule has 6 nitrogen and oxygen atoms in total. The zero-order valence-corrected chi connectivity index (χ0v) is 54.5. The molecule has 0 amide bonds. The quantitative estimate of drug-likeness (QED) is 0.155. The Labute approximate surface area is 604 Å². The van der Waals surface area contributed by atoms with Gasteiger partial charge in [0.2, 0.25) is 0 Å². The summed E-state index contributed by atoms with van der Waals surface area (Å²) in [5.41, 5.74) is 17.9. The van der Waals surface area contributed by atoms with Gasteiger partial charge in [-0.3, -0.25) is 0 Å². The van der Waals surface area contributed by atoms with Gasteiger partial charge in [-0.2, -0.15) is 0 Å². The molecule has 470 valence electrons. The molecule has 0 radical (unpaired) electrons. The molecule has 0 atom stereocenters. The number of para-hydroxylation sites is 8. The molecule has 101 heavy (non-hydrogen) atoms. The molecule has 23 rings (SSSR count). The van der Waals surface area contributed by atoms with E-state index in [4.69, 9.17) is 5.48 Å². The van der Waals surface area contributed by atoms with Crippen molar-refractivity contribution in [2.24, 2.45) is 0 Å². The van der Waals surface area contributed by atoms with Gasteiger partial charge in [-0.05, 0) is 183 Å². The van der Waals surface area contributed by atoms with E-state index in [1.54, 1.807) is 9.13 Å². The molecule has 8 heterocycles. The second kappa shape index (κ2) is 19.9. The molecule has 0 fully saturated rings. The Balaban J connectivity index is 0.838. The lowest BCUT2D eigenvalue weighted by Gasteiger charge is -2.45. The van der Waals surface area contributed by atoms with Gasteiger partial charge < -0.3 is 27.7 Å². The Bertz CT molecular complexity index is 7410. The van der Waals surface area contributed by atoms with Crippen LogP contribution in [0.2, 0.25) is 0 Å². The number of rotatable bonds is 6. The minimum Gasteiger partial charge on any atom is -0.311 e. The van der Waals surface area contributed by atoms with Crippen molar-refractivity contribution >= 4 is 177 Å². The van der Waals surface area contributed by atoms with E-state index in [-0.39, 0.29) is 43.6 Å². The summed E-state index contributed by atoms with van der Waals surface area (Å²) in [5, 5.41) is 8.60. The summed E-state index contributed by atoms with van der Waals surface area (Å²) in [6.45, 7) is 5.81. The highest BCUT2D eigenvalue weighted by Gasteiger charge is 2.45. The fourth-order valence-electron chi connectivity index (χ4n) is 17.5. The molecule has 2 aliphatic heterocycles. The Morgan fingerprint density at radius 3 is 0.980 bits per heavy atom. The molecule has 0 N–H and O–H groups in total. The van der Waals surface area contributed by atoms with Gasteiger partial charge in [0, 0.05) is 110 Å². The Hall–Kier alpha value is -12.8. The molecular formula is C94H61BN6. The van der Waals surface area contributed by atoms with Crippen LogP contribution in [0.5, 0.6) is 0 Å². The average molecular weight is 1300 g/mol. The Kier molecular flexibility index (Phi) is 8.31. The highest BCUT2D eigenvalue weighted by molar-refractivity contribution is 7.00. The van der Waals surface area contributed by atoms with E-state index in [0.29, 0.717) is 22.7 Å². The first-order valence-electron chi connectivity index (χ1n) is 42.0. The van der Waals surface area contributed by atoms with E-state index in [0.717, 1.165) is 143 Å². The van der Waals surface area contributed by atoms with E-state index in [2.05, 4.69) is 221 Å². The van der Waals surface area contributed by atoms with Gasteiger partial charge in [0.1, 0.15) is 0 Å². The molecule has 21 aromatic rings. The van der Waals surface area contributed by atoms with Gasteiger partial charge in [-0.15, -0.1) is 0 Å². The number of benzene rings is 15. The lowest BCUT2D eigenvalue weighted by Crippen LogP contribution is -2.61. The van der Waals surface area contributed by atoms with E-state index in [1.807, 2.05) is 36.4 Å². The number of hydrogen-bond acceptors (Lipinski definition) is 2. The largest absolute Gasteiger partial charge is 0.311 e. The zero-order valence-electron chi connectivity index (χ0n) is 70.5. The van der Waals surface area contributed by atoms with Crippen molar-refractivity contribution in [3.63, 3.8) is 0 Å². The van der Waals surface area contributed by atoms with Gasteiger partial charge in [0.15, 0.2) is 0 Å². The number of anilines is 6. The smallest absolute Gasteiger partial charge is 0.252 e. The lowest BCUT2D eigenvalue weighted by molar-refractivity contribution is 0.590. The fourth-order valence-corrected chi connectivity index (χ4v) is 17.5. The molecule has 7 heteroatoms. The van der Waals surface area contributed by atoms with E-state index in [1.165, 1.54) is 0 Å². The first-order valence-corrected chi connectivity index (χ1v) is 34.0. The monoisotopic (exact) mass is 1300 g/mol. The molecule has 0 saturated heterocycles. The maximum atomic E-state index is 9.75. The summed E-state index contributed by atoms with van der Waals surface area (Å²) in [6, 6.07) is 68.1. The third-order valence-electron chi connectivity index (χ3n) is 21.8. The summed E-state index contributed by atoms with van der Waals surface area (Å²) >= 11 is 0. The maximum Gasteiger partial charge on any atom is 0.252 e. The van der Waals surface area contributed by atoms with Crippen LogP contribution in [0.1, 0.15) is 48.3 Å². The van der Waals surface area contributed by atoms with E-state index in [9.17, 15) is 16.4 Å². The Morgan fingerprint density at radius 2 is 0.624 bits per heavy atom. The van der Waals surface area contributed by atoms with Gasteiger partial charge in [0.05, 0.1) is 77.1 Å². The summed E-state index contributed by atoms with van der Waals surface area (Å²) in [4.78, 5) is 4.51. The fraction of sp³-hybridized carbons (Fsp3) is 0.0426. The number of hydrogen-bond donors (Lipinski definition) is 0. The van der Waals surface area contributed by atoms with Crippen molar-refractivity contribution in [3.05, 3.63) is 321 Å². The molecule has 2 aliphatic rings. The zero-order chi connectivity index (χ0) is 80.2. The SMILES string of the molecule is [2H]c1c([2H])c([2H])c2c(c1[2H])c1c([2H])c([2H])c([2H])c([2H])c1n2-c1ccc2c(c1)N(c1cccc(-c3cc4c5ccccc5n5c6ccccc6c(c3)c45)c1)c1cc(C(C)(C)C)cc3c1B2c1ccc(-n2c4c([2H])c([2H])c([2H])c([2H])c4c4c([2H])c([2H])c([2H])c([2H])c42)cc1N3c1cccc(-c2cc3c4ccccc4n4c5ccccc5c(c2)c34)c1. The third-order valence-corrected chi connectivity index (χ3v) is 21.8. The van der Waals surface area contributed by atoms with Gasteiger partial charge in [-0.25, -0.2) is 0 Å². The first kappa shape index (κ1) is 42.1. The highest BCUT2D eigenvalue weighted by atomic mass is 15.2. The van der Waals surface area contributed by atoms with Crippen LogP contribution in [0, 0.1) is 0 Å². The summed E-state index contributed by atoms with van der Waals surface area (Å²) < 4.78 is 158. The minimum atomic E-state index is -0.690. The van der Waals surface area contributed by atoms with Crippen LogP contribution in [0.4, 0.5) is 34.1 Å². The Morgan fingerprint density at radius 1 is 0.277 bits per heavy atom. The third kappa shape index (κ3) is 7.46. The summed E-state index contributed by atoms with van der Waals surface area (Å²) in [5.74, 6) is 0. The van der Waals surface area contributed by atoms with Crippen LogP contribution < -0.4 is 26.2 Å². The summed E-state index contributed by atoms with van der Waals surface area (Å²) in [6.07, 6.45) is 0. The minimum absolute atomic E-state index is 0.0369. The van der Waals surface area contributed by atoms with Crippen LogP contribution >= 0.6 is 0 Å². The van der Waals surface area contributed by atoms with Crippen LogP contribution in [-0.4, -0.2) is 24.6 Å². The predicted octanol–water partition coefficient (Wildman–Crippen LogP) is 22.9. The van der Waals surface area contributed by atoms with Crippen molar-refractivity contribution in [1.29, 1.82) is 0 Å². The number of nitrogens with zero attached hydrogens (tertiary/aromatic N) is 6. The van der Waals surface area contributed by atoms with Crippen LogP contribution in [0.15, 0.2) is 315 Å². The average Bonchev–Trinajstić information content (AvgIpc) is 1.70. The number of fused-ring (bicyclic) bond motifs is 22. The second-order valence-corrected chi connectivity index (χ2v) is 28.0. The predicted molar refractivity (Wildman–Crippen MR) is 428 cm³/mol. The number of aromatic nitrogens is 4. The highest BCUT2D eigenvalue weighted by Crippen LogP contribution is 2.51. The van der Waals surface area contributed by atoms with Crippen molar-refractivity contribution in [2.45, 2.75) is 26.2 Å². The van der Waals surface area contributed by atoms with Crippen molar-refractivity contribution in [2.75, 3.05) is 9.80 Å². The van der Waals surface area contributed by atoms with E-state index < -0.39 is 109 Å². The van der Waals surface area contributed by atoms with Crippen molar-refractivity contribution in [1.82, 2.24) is 17.9 Å². The molecule has 0 saturated carbocycles. The van der Waals surface area contributed by atoms with Crippen molar-refractivity contribution in [3.8, 4) is 33.6 Å². The molecule has 0 bridgehead atoms. The topological polar surface area (TPSA) is 25.2 Å². The van der Waals surface area contributed by atoms with Crippen molar-refractivity contribution < 1.29 is 21.9 Å². The first-order chi connectivity index (χ1) is 56.4. The van der Waals surface area contributed by atoms with Crippen LogP contribution in [0.3, 0.4) is 0 Å². The molecular weight excluding hydrogens is 1220 g/mol. The maximum absolute atomic E-state index is 9.75. The molecule has 0 spiro atoms. The normalized spacial score (nSPS) is 15.5. The summed E-state index contributed by atoms with van der Waals surface area (Å²) in [7, 11) is 0. The van der Waals surface area contributed by atoms with Crippen LogP contribution in [0.25, 0.3) is 153 Å². The molecule has 15 aromatic carbocycles. The van der Waals surface area contributed by atoms with Crippen LogP contribution in [-0.2, 0) is 5.41 Å². The lowest BCUT2D eigenvalue weighted by atomic mass is 9.33. The molecule has 0 unspecified atom stereocenters. The van der Waals surface area contributed by atoms with Gasteiger partial charge in [-0.1, -0.05) is 202 Å². The van der Waals surface area contributed by atoms with Gasteiger partial charge in [0.25, 0.3) is 6.71 Å². The van der Waals surface area contributed by atoms with Gasteiger partial charge >= 0.3 is 0 Å². The second-order valence-electron chi connectivity index (χ2n) is 28.0. The molecule has 0 aliphatic carbocycles. The van der Waals surface area contributed by atoms with E-state index >= 15 is 0 Å².